The van der Waals surface area contributed by atoms with Crippen LogP contribution in [-0.4, -0.2) is 27.9 Å². The molecule has 19 heavy (non-hydrogen) atoms. The molecule has 0 unspecified atom stereocenters. The van der Waals surface area contributed by atoms with Crippen LogP contribution in [0, 0.1) is 0 Å². The summed E-state index contributed by atoms with van der Waals surface area (Å²) in [6.07, 6.45) is 11.5. The Morgan fingerprint density at radius 2 is 1.16 bits per heavy atom. The minimum Gasteiger partial charge on any atom is -0.481 e. The first-order valence-corrected chi connectivity index (χ1v) is 7.72. The molecule has 0 radical (unpaired) electrons. The zero-order valence-corrected chi connectivity index (χ0v) is 12.8. The summed E-state index contributed by atoms with van der Waals surface area (Å²) >= 11 is 3.42. The molecule has 0 aromatic rings. The number of hydrogen-bond donors (Lipinski definition) is 3. The molecule has 0 aromatic heterocycles. The molecule has 0 aliphatic carbocycles. The number of carbonyl (C=O) groups is 2. The molecular formula is C14H28O4S. The second-order valence-corrected chi connectivity index (χ2v) is 4.84. The topological polar surface area (TPSA) is 74.6 Å². The number of carboxylic acid groups (broad SMARTS) is 2. The van der Waals surface area contributed by atoms with E-state index in [4.69, 9.17) is 10.2 Å². The van der Waals surface area contributed by atoms with Gasteiger partial charge in [0, 0.05) is 6.42 Å². The van der Waals surface area contributed by atoms with Gasteiger partial charge in [-0.3, -0.25) is 9.59 Å². The monoisotopic (exact) mass is 292 g/mol. The smallest absolute Gasteiger partial charge is 0.313 e. The molecule has 0 aromatic carbocycles. The van der Waals surface area contributed by atoms with Crippen LogP contribution in [-0.2, 0) is 9.59 Å². The van der Waals surface area contributed by atoms with E-state index in [-0.39, 0.29) is 5.75 Å². The zero-order chi connectivity index (χ0) is 14.9. The molecule has 0 saturated heterocycles. The largest absolute Gasteiger partial charge is 0.481 e. The van der Waals surface area contributed by atoms with Gasteiger partial charge in [-0.2, -0.15) is 12.6 Å². The first-order valence-electron chi connectivity index (χ1n) is 7.09. The fraction of sp³-hybridized carbons (Fsp3) is 0.857. The van der Waals surface area contributed by atoms with Crippen molar-refractivity contribution in [1.82, 2.24) is 0 Å². The average Bonchev–Trinajstić information content (AvgIpc) is 2.37. The van der Waals surface area contributed by atoms with Crippen molar-refractivity contribution in [3.05, 3.63) is 0 Å². The lowest BCUT2D eigenvalue weighted by Crippen LogP contribution is -1.93. The summed E-state index contributed by atoms with van der Waals surface area (Å²) in [5, 5.41) is 16.1. The van der Waals surface area contributed by atoms with Crippen LogP contribution < -0.4 is 0 Å². The van der Waals surface area contributed by atoms with Gasteiger partial charge in [0.05, 0.1) is 5.75 Å². The van der Waals surface area contributed by atoms with Crippen molar-refractivity contribution < 1.29 is 19.8 Å². The Morgan fingerprint density at radius 3 is 1.47 bits per heavy atom. The second kappa shape index (κ2) is 17.3. The minimum atomic E-state index is -0.881. The summed E-state index contributed by atoms with van der Waals surface area (Å²) in [5.41, 5.74) is 0. The molecule has 0 amide bonds. The van der Waals surface area contributed by atoms with Crippen molar-refractivity contribution in [2.75, 3.05) is 5.75 Å². The van der Waals surface area contributed by atoms with Crippen LogP contribution >= 0.6 is 12.6 Å². The van der Waals surface area contributed by atoms with Crippen molar-refractivity contribution >= 4 is 24.6 Å². The number of thiol groups is 1. The van der Waals surface area contributed by atoms with Crippen LogP contribution in [0.25, 0.3) is 0 Å². The van der Waals surface area contributed by atoms with E-state index in [2.05, 4.69) is 19.6 Å². The van der Waals surface area contributed by atoms with E-state index in [9.17, 15) is 9.59 Å². The molecular weight excluding hydrogens is 264 g/mol. The van der Waals surface area contributed by atoms with Crippen LogP contribution in [0.15, 0.2) is 0 Å². The summed E-state index contributed by atoms with van der Waals surface area (Å²) in [4.78, 5) is 19.5. The molecule has 0 fully saturated rings. The Bertz CT molecular complexity index is 219. The molecule has 4 nitrogen and oxygen atoms in total. The SMILES string of the molecule is CCCCCCCCCCCC(=O)O.O=C(O)CS. The normalized spacial score (nSPS) is 9.58. The highest BCUT2D eigenvalue weighted by Gasteiger charge is 1.96. The number of hydrogen-bond acceptors (Lipinski definition) is 3. The minimum absolute atomic E-state index is 0.0833. The zero-order valence-electron chi connectivity index (χ0n) is 11.9. The maximum Gasteiger partial charge on any atom is 0.313 e. The highest BCUT2D eigenvalue weighted by Crippen LogP contribution is 2.10. The Balaban J connectivity index is 0. The molecule has 2 N–H and O–H groups in total. The van der Waals surface area contributed by atoms with Crippen molar-refractivity contribution in [3.8, 4) is 0 Å². The van der Waals surface area contributed by atoms with E-state index in [1.54, 1.807) is 0 Å². The fourth-order valence-corrected chi connectivity index (χ4v) is 1.59. The van der Waals surface area contributed by atoms with Crippen molar-refractivity contribution in [2.45, 2.75) is 71.1 Å². The summed E-state index contributed by atoms with van der Waals surface area (Å²) in [6, 6.07) is 0. The van der Waals surface area contributed by atoms with Crippen molar-refractivity contribution in [3.63, 3.8) is 0 Å². The molecule has 0 aliphatic rings. The molecule has 0 aliphatic heterocycles. The Morgan fingerprint density at radius 1 is 0.789 bits per heavy atom. The molecule has 0 bridgehead atoms. The number of rotatable bonds is 11. The average molecular weight is 292 g/mol. The third-order valence-electron chi connectivity index (χ3n) is 2.63. The molecule has 0 heterocycles. The molecule has 0 spiro atoms. The Labute approximate surface area is 122 Å². The lowest BCUT2D eigenvalue weighted by molar-refractivity contribution is -0.137. The summed E-state index contributed by atoms with van der Waals surface area (Å²) < 4.78 is 0. The first kappa shape index (κ1) is 20.6. The predicted octanol–water partition coefficient (Wildman–Crippen LogP) is 3.99. The van der Waals surface area contributed by atoms with Crippen LogP contribution in [0.4, 0.5) is 0 Å². The van der Waals surface area contributed by atoms with Gasteiger partial charge in [0.1, 0.15) is 0 Å². The summed E-state index contributed by atoms with van der Waals surface area (Å²) in [7, 11) is 0. The lowest BCUT2D eigenvalue weighted by atomic mass is 10.1. The van der Waals surface area contributed by atoms with Crippen molar-refractivity contribution in [1.29, 1.82) is 0 Å². The third-order valence-corrected chi connectivity index (χ3v) is 2.90. The third kappa shape index (κ3) is 26.8. The van der Waals surface area contributed by atoms with Crippen LogP contribution in [0.3, 0.4) is 0 Å². The van der Waals surface area contributed by atoms with E-state index >= 15 is 0 Å². The van der Waals surface area contributed by atoms with E-state index < -0.39 is 11.9 Å². The van der Waals surface area contributed by atoms with E-state index in [1.165, 1.54) is 44.9 Å². The highest BCUT2D eigenvalue weighted by atomic mass is 32.1. The van der Waals surface area contributed by atoms with Crippen LogP contribution in [0.2, 0.25) is 0 Å². The molecule has 114 valence electrons. The Hall–Kier alpha value is -0.710. The van der Waals surface area contributed by atoms with Gasteiger partial charge in [0.15, 0.2) is 0 Å². The van der Waals surface area contributed by atoms with Crippen LogP contribution in [0.5, 0.6) is 0 Å². The van der Waals surface area contributed by atoms with E-state index in [1.807, 2.05) is 0 Å². The fourth-order valence-electron chi connectivity index (χ4n) is 1.59. The molecule has 0 saturated carbocycles. The van der Waals surface area contributed by atoms with Gasteiger partial charge >= 0.3 is 11.9 Å². The maximum absolute atomic E-state index is 10.2. The molecule has 0 rings (SSSR count). The number of aliphatic carboxylic acids is 2. The van der Waals surface area contributed by atoms with Crippen molar-refractivity contribution in [2.24, 2.45) is 0 Å². The number of unbranched alkanes of at least 4 members (excludes halogenated alkanes) is 8. The van der Waals surface area contributed by atoms with Gasteiger partial charge < -0.3 is 10.2 Å². The first-order chi connectivity index (χ1) is 9.04. The van der Waals surface area contributed by atoms with Gasteiger partial charge in [-0.25, -0.2) is 0 Å². The quantitative estimate of drug-likeness (QED) is 0.397. The van der Waals surface area contributed by atoms with Gasteiger partial charge in [0.2, 0.25) is 0 Å². The predicted molar refractivity (Wildman–Crippen MR) is 81.0 cm³/mol. The summed E-state index contributed by atoms with van der Waals surface area (Å²) in [6.45, 7) is 2.23. The van der Waals surface area contributed by atoms with Gasteiger partial charge in [-0.15, -0.1) is 0 Å². The molecule has 5 heteroatoms. The van der Waals surface area contributed by atoms with Gasteiger partial charge in [0.25, 0.3) is 0 Å². The highest BCUT2D eigenvalue weighted by molar-refractivity contribution is 7.81. The summed E-state index contributed by atoms with van der Waals surface area (Å²) in [5.74, 6) is -1.62. The maximum atomic E-state index is 10.2. The second-order valence-electron chi connectivity index (χ2n) is 4.52. The lowest BCUT2D eigenvalue weighted by Gasteiger charge is -2.00. The van der Waals surface area contributed by atoms with E-state index in [0.717, 1.165) is 12.8 Å². The van der Waals surface area contributed by atoms with Gasteiger partial charge in [-0.1, -0.05) is 58.3 Å². The molecule has 0 atom stereocenters. The Kier molecular flexibility index (Phi) is 18.8. The van der Waals surface area contributed by atoms with Crippen LogP contribution in [0.1, 0.15) is 71.1 Å². The van der Waals surface area contributed by atoms with Gasteiger partial charge in [-0.05, 0) is 6.42 Å². The standard InChI is InChI=1S/C12H24O2.C2H4O2S/c1-2-3-4-5-6-7-8-9-10-11-12(13)14;3-2(4)1-5/h2-11H2,1H3,(H,13,14);5H,1H2,(H,3,4). The number of carboxylic acids is 2. The van der Waals surface area contributed by atoms with E-state index in [0.29, 0.717) is 6.42 Å².